The number of anilines is 2. The van der Waals surface area contributed by atoms with Crippen molar-refractivity contribution in [2.45, 2.75) is 26.3 Å². The summed E-state index contributed by atoms with van der Waals surface area (Å²) in [4.78, 5) is 17.4. The van der Waals surface area contributed by atoms with E-state index in [1.165, 1.54) is 0 Å². The van der Waals surface area contributed by atoms with Gasteiger partial charge in [-0.25, -0.2) is 4.98 Å². The summed E-state index contributed by atoms with van der Waals surface area (Å²) < 4.78 is 0. The number of nitrogens with one attached hydrogen (secondary N) is 1. The summed E-state index contributed by atoms with van der Waals surface area (Å²) in [7, 11) is 0. The molecule has 0 saturated carbocycles. The van der Waals surface area contributed by atoms with Crippen molar-refractivity contribution < 1.29 is 4.79 Å². The van der Waals surface area contributed by atoms with Crippen molar-refractivity contribution in [1.82, 2.24) is 4.98 Å². The number of nitrogens with zero attached hydrogens (tertiary/aromatic N) is 1. The van der Waals surface area contributed by atoms with Crippen LogP contribution in [0.15, 0.2) is 60.7 Å². The molecule has 4 aromatic rings. The number of aromatic nitrogens is 1. The summed E-state index contributed by atoms with van der Waals surface area (Å²) in [5.74, 6) is -0.211. The molecule has 146 valence electrons. The summed E-state index contributed by atoms with van der Waals surface area (Å²) in [6.45, 7) is 3.96. The molecule has 5 N–H and O–H groups in total. The van der Waals surface area contributed by atoms with Gasteiger partial charge in [-0.3, -0.25) is 4.79 Å². The summed E-state index contributed by atoms with van der Waals surface area (Å²) in [5.41, 5.74) is 18.3. The topological polar surface area (TPSA) is 94.0 Å². The standard InChI is InChI=1S/C24H24N4O/c1-14-8-17-11-18-9-15(2)21(13-23(18)27-22(17)12-19(14)25)28-24(29)20(26)10-16-6-4-3-5-7-16/h3-9,11-13,20H,10,25-26H2,1-2H3,(H,28,29). The molecule has 0 radical (unpaired) electrons. The first kappa shape index (κ1) is 18.9. The highest BCUT2D eigenvalue weighted by Crippen LogP contribution is 2.28. The normalized spacial score (nSPS) is 12.2. The second kappa shape index (κ2) is 7.53. The van der Waals surface area contributed by atoms with Crippen molar-refractivity contribution in [2.75, 3.05) is 11.1 Å². The Balaban J connectivity index is 1.63. The number of hydrogen-bond acceptors (Lipinski definition) is 4. The molecule has 0 saturated heterocycles. The Morgan fingerprint density at radius 3 is 2.34 bits per heavy atom. The Labute approximate surface area is 169 Å². The number of carbonyl (C=O) groups excluding carboxylic acids is 1. The fourth-order valence-corrected chi connectivity index (χ4v) is 3.50. The predicted molar refractivity (Wildman–Crippen MR) is 120 cm³/mol. The average molecular weight is 384 g/mol. The monoisotopic (exact) mass is 384 g/mol. The number of pyridine rings is 1. The van der Waals surface area contributed by atoms with Gasteiger partial charge in [0.25, 0.3) is 0 Å². The van der Waals surface area contributed by atoms with Crippen molar-refractivity contribution in [3.05, 3.63) is 77.4 Å². The molecule has 0 bridgehead atoms. The second-order valence-corrected chi connectivity index (χ2v) is 7.54. The summed E-state index contributed by atoms with van der Waals surface area (Å²) >= 11 is 0. The minimum atomic E-state index is -0.625. The Hall–Kier alpha value is -3.44. The summed E-state index contributed by atoms with van der Waals surface area (Å²) in [6, 6.07) is 19.1. The molecule has 0 aliphatic carbocycles. The number of carbonyl (C=O) groups is 1. The van der Waals surface area contributed by atoms with E-state index in [1.807, 2.05) is 68.4 Å². The molecular weight excluding hydrogens is 360 g/mol. The van der Waals surface area contributed by atoms with E-state index in [1.54, 1.807) is 0 Å². The predicted octanol–water partition coefficient (Wildman–Crippen LogP) is 4.10. The van der Waals surface area contributed by atoms with Gasteiger partial charge >= 0.3 is 0 Å². The van der Waals surface area contributed by atoms with Gasteiger partial charge in [0.1, 0.15) is 0 Å². The van der Waals surface area contributed by atoms with Crippen LogP contribution in [0.3, 0.4) is 0 Å². The lowest BCUT2D eigenvalue weighted by atomic mass is 10.0. The van der Waals surface area contributed by atoms with Crippen LogP contribution in [0.2, 0.25) is 0 Å². The van der Waals surface area contributed by atoms with E-state index in [2.05, 4.69) is 11.4 Å². The molecule has 3 aromatic carbocycles. The van der Waals surface area contributed by atoms with Gasteiger partial charge in [0.15, 0.2) is 0 Å². The van der Waals surface area contributed by atoms with Crippen LogP contribution < -0.4 is 16.8 Å². The minimum absolute atomic E-state index is 0.211. The summed E-state index contributed by atoms with van der Waals surface area (Å²) in [6.07, 6.45) is 0.487. The third kappa shape index (κ3) is 3.91. The third-order valence-corrected chi connectivity index (χ3v) is 5.23. The van der Waals surface area contributed by atoms with Gasteiger partial charge in [-0.05, 0) is 67.3 Å². The molecule has 0 fully saturated rings. The first-order chi connectivity index (χ1) is 13.9. The van der Waals surface area contributed by atoms with Crippen molar-refractivity contribution in [3.63, 3.8) is 0 Å². The highest BCUT2D eigenvalue weighted by Gasteiger charge is 2.16. The van der Waals surface area contributed by atoms with Crippen LogP contribution in [0.1, 0.15) is 16.7 Å². The number of fused-ring (bicyclic) bond motifs is 2. The number of rotatable bonds is 4. The van der Waals surface area contributed by atoms with Gasteiger partial charge in [-0.2, -0.15) is 0 Å². The molecule has 5 nitrogen and oxygen atoms in total. The molecule has 0 aliphatic rings. The Kier molecular flexibility index (Phi) is 4.91. The maximum Gasteiger partial charge on any atom is 0.241 e. The van der Waals surface area contributed by atoms with Crippen LogP contribution in [0.5, 0.6) is 0 Å². The number of hydrogen-bond donors (Lipinski definition) is 3. The van der Waals surface area contributed by atoms with E-state index in [0.717, 1.165) is 49.9 Å². The van der Waals surface area contributed by atoms with Crippen molar-refractivity contribution in [1.29, 1.82) is 0 Å². The van der Waals surface area contributed by atoms with Gasteiger partial charge in [0.05, 0.1) is 17.1 Å². The van der Waals surface area contributed by atoms with Crippen LogP contribution in [0, 0.1) is 13.8 Å². The Morgan fingerprint density at radius 2 is 1.62 bits per heavy atom. The Bertz CT molecular complexity index is 1220. The molecule has 0 spiro atoms. The third-order valence-electron chi connectivity index (χ3n) is 5.23. The van der Waals surface area contributed by atoms with Gasteiger partial charge in [0, 0.05) is 22.1 Å². The van der Waals surface area contributed by atoms with Crippen LogP contribution in [0.4, 0.5) is 11.4 Å². The lowest BCUT2D eigenvalue weighted by Crippen LogP contribution is -2.37. The first-order valence-corrected chi connectivity index (χ1v) is 9.62. The molecule has 1 unspecified atom stereocenters. The number of nitrogen functional groups attached to an aromatic ring is 1. The van der Waals surface area contributed by atoms with Crippen molar-refractivity contribution in [3.8, 4) is 0 Å². The molecule has 29 heavy (non-hydrogen) atoms. The van der Waals surface area contributed by atoms with Gasteiger partial charge in [0.2, 0.25) is 5.91 Å². The minimum Gasteiger partial charge on any atom is -0.398 e. The molecule has 1 atom stereocenters. The van der Waals surface area contributed by atoms with Crippen LogP contribution in [-0.4, -0.2) is 16.9 Å². The number of aryl methyl sites for hydroxylation is 2. The van der Waals surface area contributed by atoms with Crippen molar-refractivity contribution in [2.24, 2.45) is 5.73 Å². The van der Waals surface area contributed by atoms with E-state index in [0.29, 0.717) is 6.42 Å². The lowest BCUT2D eigenvalue weighted by molar-refractivity contribution is -0.117. The zero-order valence-corrected chi connectivity index (χ0v) is 16.6. The van der Waals surface area contributed by atoms with Crippen LogP contribution in [-0.2, 0) is 11.2 Å². The molecular formula is C24H24N4O. The van der Waals surface area contributed by atoms with Gasteiger partial charge in [-0.15, -0.1) is 0 Å². The van der Waals surface area contributed by atoms with E-state index in [9.17, 15) is 4.79 Å². The van der Waals surface area contributed by atoms with E-state index >= 15 is 0 Å². The molecule has 1 aromatic heterocycles. The van der Waals surface area contributed by atoms with Crippen LogP contribution in [0.25, 0.3) is 21.8 Å². The van der Waals surface area contributed by atoms with Crippen LogP contribution >= 0.6 is 0 Å². The van der Waals surface area contributed by atoms with E-state index in [-0.39, 0.29) is 5.91 Å². The number of amides is 1. The average Bonchev–Trinajstić information content (AvgIpc) is 2.69. The SMILES string of the molecule is Cc1cc2cc3cc(C)c(NC(=O)C(N)Cc4ccccc4)cc3nc2cc1N. The maximum atomic E-state index is 12.6. The molecule has 1 heterocycles. The van der Waals surface area contributed by atoms with Crippen molar-refractivity contribution >= 4 is 39.1 Å². The zero-order chi connectivity index (χ0) is 20.5. The molecule has 4 rings (SSSR count). The molecule has 1 amide bonds. The quantitative estimate of drug-likeness (QED) is 0.365. The fraction of sp³-hybridized carbons (Fsp3) is 0.167. The highest BCUT2D eigenvalue weighted by molar-refractivity contribution is 6.00. The van der Waals surface area contributed by atoms with Gasteiger partial charge < -0.3 is 16.8 Å². The lowest BCUT2D eigenvalue weighted by Gasteiger charge is -2.15. The van der Waals surface area contributed by atoms with E-state index in [4.69, 9.17) is 16.5 Å². The second-order valence-electron chi connectivity index (χ2n) is 7.54. The highest BCUT2D eigenvalue weighted by atomic mass is 16.2. The maximum absolute atomic E-state index is 12.6. The number of benzene rings is 3. The zero-order valence-electron chi connectivity index (χ0n) is 16.6. The largest absolute Gasteiger partial charge is 0.398 e. The van der Waals surface area contributed by atoms with E-state index < -0.39 is 6.04 Å². The first-order valence-electron chi connectivity index (χ1n) is 9.62. The van der Waals surface area contributed by atoms with Gasteiger partial charge in [-0.1, -0.05) is 30.3 Å². The summed E-state index contributed by atoms with van der Waals surface area (Å²) in [5, 5.41) is 5.03. The molecule has 5 heteroatoms. The Morgan fingerprint density at radius 1 is 0.966 bits per heavy atom. The smallest absolute Gasteiger partial charge is 0.241 e. The molecule has 0 aliphatic heterocycles. The fourth-order valence-electron chi connectivity index (χ4n) is 3.50. The number of nitrogens with two attached hydrogens (primary N) is 2.